The smallest absolute Gasteiger partial charge is 0.426 e. The van der Waals surface area contributed by atoms with Crippen LogP contribution in [0.4, 0.5) is 4.79 Å². The molecule has 0 spiro atoms. The molecule has 0 bridgehead atoms. The zero-order valence-corrected chi connectivity index (χ0v) is 11.6. The Bertz CT molecular complexity index is 623. The van der Waals surface area contributed by atoms with Gasteiger partial charge < -0.3 is 9.15 Å². The second-order valence-corrected chi connectivity index (χ2v) is 4.42. The van der Waals surface area contributed by atoms with Crippen LogP contribution >= 0.6 is 15.9 Å². The normalized spacial score (nSPS) is 10.2. The van der Waals surface area contributed by atoms with Crippen LogP contribution in [0, 0.1) is 0 Å². The van der Waals surface area contributed by atoms with Gasteiger partial charge in [-0.1, -0.05) is 12.1 Å². The Kier molecular flexibility index (Phi) is 4.06. The number of hydrazine groups is 1. The van der Waals surface area contributed by atoms with Crippen molar-refractivity contribution in [2.75, 3.05) is 6.61 Å². The van der Waals surface area contributed by atoms with Gasteiger partial charge in [0, 0.05) is 5.39 Å². The van der Waals surface area contributed by atoms with Gasteiger partial charge in [0.25, 0.3) is 0 Å². The average molecular weight is 327 g/mol. The van der Waals surface area contributed by atoms with Crippen LogP contribution in [-0.4, -0.2) is 18.6 Å². The summed E-state index contributed by atoms with van der Waals surface area (Å²) < 4.78 is 10.8. The Morgan fingerprint density at radius 2 is 2.16 bits per heavy atom. The number of ether oxygens (including phenoxy) is 1. The minimum absolute atomic E-state index is 0.0960. The summed E-state index contributed by atoms with van der Waals surface area (Å²) in [6, 6.07) is 7.05. The Morgan fingerprint density at radius 1 is 1.37 bits per heavy atom. The van der Waals surface area contributed by atoms with Crippen LogP contribution in [0.5, 0.6) is 0 Å². The molecule has 2 N–H and O–H groups in total. The first-order valence-electron chi connectivity index (χ1n) is 5.53. The lowest BCUT2D eigenvalue weighted by Crippen LogP contribution is -2.41. The first-order chi connectivity index (χ1) is 9.11. The number of fused-ring (bicyclic) bond motifs is 1. The molecule has 2 aromatic rings. The van der Waals surface area contributed by atoms with E-state index in [1.165, 1.54) is 0 Å². The van der Waals surface area contributed by atoms with Gasteiger partial charge in [-0.25, -0.2) is 10.2 Å². The van der Waals surface area contributed by atoms with Crippen LogP contribution < -0.4 is 10.9 Å². The average Bonchev–Trinajstić information content (AvgIpc) is 2.82. The van der Waals surface area contributed by atoms with Crippen molar-refractivity contribution in [2.24, 2.45) is 0 Å². The molecule has 0 atom stereocenters. The minimum atomic E-state index is -0.729. The van der Waals surface area contributed by atoms with Crippen LogP contribution in [0.1, 0.15) is 17.5 Å². The molecule has 100 valence electrons. The Balaban J connectivity index is 2.09. The van der Waals surface area contributed by atoms with Crippen LogP contribution in [0.25, 0.3) is 11.0 Å². The topological polar surface area (TPSA) is 80.6 Å². The number of nitrogens with one attached hydrogen (secondary N) is 2. The lowest BCUT2D eigenvalue weighted by molar-refractivity contribution is 0.0888. The highest BCUT2D eigenvalue weighted by molar-refractivity contribution is 9.10. The van der Waals surface area contributed by atoms with Gasteiger partial charge in [-0.2, -0.15) is 0 Å². The third-order valence-corrected chi connectivity index (χ3v) is 2.90. The summed E-state index contributed by atoms with van der Waals surface area (Å²) in [6.07, 6.45) is -0.729. The zero-order valence-electron chi connectivity index (χ0n) is 10.0. The largest absolute Gasteiger partial charge is 0.450 e. The van der Waals surface area contributed by atoms with Crippen molar-refractivity contribution in [1.82, 2.24) is 10.9 Å². The number of carbonyl (C=O) groups is 2. The molecular formula is C12H11BrN2O4. The molecule has 1 aromatic heterocycles. The Morgan fingerprint density at radius 3 is 2.84 bits per heavy atom. The molecule has 7 heteroatoms. The van der Waals surface area contributed by atoms with Crippen LogP contribution in [-0.2, 0) is 4.74 Å². The van der Waals surface area contributed by atoms with Crippen molar-refractivity contribution >= 4 is 38.9 Å². The van der Waals surface area contributed by atoms with E-state index in [-0.39, 0.29) is 12.4 Å². The van der Waals surface area contributed by atoms with Crippen LogP contribution in [0.2, 0.25) is 0 Å². The summed E-state index contributed by atoms with van der Waals surface area (Å²) in [5.74, 6) is -0.463. The molecular weight excluding hydrogens is 316 g/mol. The van der Waals surface area contributed by atoms with Gasteiger partial charge >= 0.3 is 12.0 Å². The van der Waals surface area contributed by atoms with Gasteiger partial charge in [0.2, 0.25) is 0 Å². The number of halogens is 1. The second-order valence-electron chi connectivity index (χ2n) is 3.57. The van der Waals surface area contributed by atoms with E-state index in [4.69, 9.17) is 4.42 Å². The van der Waals surface area contributed by atoms with E-state index >= 15 is 0 Å². The van der Waals surface area contributed by atoms with Crippen LogP contribution in [0.3, 0.4) is 0 Å². The summed E-state index contributed by atoms with van der Waals surface area (Å²) >= 11 is 3.33. The fourth-order valence-electron chi connectivity index (χ4n) is 1.48. The maximum Gasteiger partial charge on any atom is 0.426 e. The van der Waals surface area contributed by atoms with Crippen molar-refractivity contribution in [3.63, 3.8) is 0 Å². The summed E-state index contributed by atoms with van der Waals surface area (Å²) in [6.45, 7) is 1.89. The third-order valence-electron chi connectivity index (χ3n) is 2.27. The summed E-state index contributed by atoms with van der Waals surface area (Å²) in [5.41, 5.74) is 4.87. The Labute approximate surface area is 117 Å². The molecule has 0 aliphatic rings. The highest BCUT2D eigenvalue weighted by atomic mass is 79.9. The van der Waals surface area contributed by atoms with Crippen molar-refractivity contribution in [3.8, 4) is 0 Å². The fourth-order valence-corrected chi connectivity index (χ4v) is 1.94. The first-order valence-corrected chi connectivity index (χ1v) is 6.32. The molecule has 1 aromatic carbocycles. The fraction of sp³-hybridized carbons (Fsp3) is 0.167. The van der Waals surface area contributed by atoms with E-state index in [2.05, 4.69) is 31.5 Å². The monoisotopic (exact) mass is 326 g/mol. The second kappa shape index (κ2) is 5.75. The van der Waals surface area contributed by atoms with Gasteiger partial charge in [0.15, 0.2) is 5.76 Å². The maximum atomic E-state index is 11.7. The quantitative estimate of drug-likeness (QED) is 0.831. The molecule has 19 heavy (non-hydrogen) atoms. The lowest BCUT2D eigenvalue weighted by atomic mass is 10.2. The highest BCUT2D eigenvalue weighted by Gasteiger charge is 2.14. The summed E-state index contributed by atoms with van der Waals surface area (Å²) in [4.78, 5) is 22.8. The molecule has 2 amide bonds. The van der Waals surface area contributed by atoms with E-state index in [0.29, 0.717) is 5.58 Å². The molecule has 0 saturated carbocycles. The van der Waals surface area contributed by atoms with Gasteiger partial charge in [-0.15, -0.1) is 0 Å². The third kappa shape index (κ3) is 3.05. The van der Waals surface area contributed by atoms with Gasteiger partial charge in [-0.05, 0) is 35.0 Å². The predicted octanol–water partition coefficient (Wildman–Crippen LogP) is 2.59. The first kappa shape index (κ1) is 13.4. The number of furan rings is 1. The van der Waals surface area contributed by atoms with Crippen molar-refractivity contribution < 1.29 is 18.7 Å². The summed E-state index contributed by atoms with van der Waals surface area (Å²) in [5, 5.41) is 0.788. The molecule has 2 rings (SSSR count). The Hall–Kier alpha value is -2.02. The number of benzene rings is 1. The number of para-hydroxylation sites is 1. The molecule has 6 nitrogen and oxygen atoms in total. The van der Waals surface area contributed by atoms with E-state index in [1.807, 2.05) is 18.2 Å². The van der Waals surface area contributed by atoms with E-state index < -0.39 is 12.0 Å². The van der Waals surface area contributed by atoms with Gasteiger partial charge in [-0.3, -0.25) is 10.2 Å². The molecule has 0 aliphatic carbocycles. The number of carbonyl (C=O) groups excluding carboxylic acids is 2. The molecule has 0 fully saturated rings. The molecule has 0 aliphatic heterocycles. The number of amides is 2. The van der Waals surface area contributed by atoms with Crippen molar-refractivity contribution in [1.29, 1.82) is 0 Å². The molecule has 1 heterocycles. The van der Waals surface area contributed by atoms with Gasteiger partial charge in [0.05, 0.1) is 11.1 Å². The highest BCUT2D eigenvalue weighted by Crippen LogP contribution is 2.26. The lowest BCUT2D eigenvalue weighted by Gasteiger charge is -2.04. The SMILES string of the molecule is CCOC(=O)NNC(=O)c1cc2cccc(Br)c2o1. The van der Waals surface area contributed by atoms with Crippen molar-refractivity contribution in [2.45, 2.75) is 6.92 Å². The van der Waals surface area contributed by atoms with E-state index in [9.17, 15) is 9.59 Å². The molecule has 0 unspecified atom stereocenters. The van der Waals surface area contributed by atoms with Crippen LogP contribution in [0.15, 0.2) is 33.2 Å². The van der Waals surface area contributed by atoms with Gasteiger partial charge in [0.1, 0.15) is 5.58 Å². The maximum absolute atomic E-state index is 11.7. The van der Waals surface area contributed by atoms with E-state index in [1.54, 1.807) is 13.0 Å². The van der Waals surface area contributed by atoms with Crippen molar-refractivity contribution in [3.05, 3.63) is 34.5 Å². The number of hydrogen-bond donors (Lipinski definition) is 2. The minimum Gasteiger partial charge on any atom is -0.450 e. The molecule has 0 radical (unpaired) electrons. The summed E-state index contributed by atoms with van der Waals surface area (Å²) in [7, 11) is 0. The molecule has 0 saturated heterocycles. The standard InChI is InChI=1S/C12H11BrN2O4/c1-2-18-12(17)15-14-11(16)9-6-7-4-3-5-8(13)10(7)19-9/h3-6H,2H2,1H3,(H,14,16)(H,15,17). The van der Waals surface area contributed by atoms with E-state index in [0.717, 1.165) is 9.86 Å². The number of rotatable bonds is 2. The zero-order chi connectivity index (χ0) is 13.8. The number of hydrogen-bond acceptors (Lipinski definition) is 4. The predicted molar refractivity (Wildman–Crippen MR) is 71.5 cm³/mol.